The van der Waals surface area contributed by atoms with Crippen molar-refractivity contribution in [3.8, 4) is 16.8 Å². The van der Waals surface area contributed by atoms with E-state index in [1.54, 1.807) is 12.1 Å². The SMILES string of the molecule is CC(=O)O.O=C1NC(=Nc2cc[c-]cc2)S/C1=C/c1ccc(-c2ccc(-n3cccc3)cc2)cc1.[Na+]. The summed E-state index contributed by atoms with van der Waals surface area (Å²) in [6.07, 6.45) is 5.95. The Labute approximate surface area is 236 Å². The molecule has 2 N–H and O–H groups in total. The molecule has 1 amide bonds. The number of carbonyl (C=O) groups is 2. The van der Waals surface area contributed by atoms with Crippen LogP contribution in [0.4, 0.5) is 5.69 Å². The zero-order chi connectivity index (χ0) is 24.6. The van der Waals surface area contributed by atoms with Crippen LogP contribution < -0.4 is 34.9 Å². The summed E-state index contributed by atoms with van der Waals surface area (Å²) in [7, 11) is 0. The summed E-state index contributed by atoms with van der Waals surface area (Å²) in [4.78, 5) is 26.4. The van der Waals surface area contributed by atoms with Crippen molar-refractivity contribution in [2.75, 3.05) is 0 Å². The van der Waals surface area contributed by atoms with E-state index in [4.69, 9.17) is 9.90 Å². The second kappa shape index (κ2) is 13.1. The molecule has 5 rings (SSSR count). The van der Waals surface area contributed by atoms with Crippen LogP contribution in [0.2, 0.25) is 0 Å². The Hall–Kier alpha value is -3.36. The first kappa shape index (κ1) is 27.2. The van der Waals surface area contributed by atoms with E-state index in [0.29, 0.717) is 10.1 Å². The molecule has 1 saturated heterocycles. The van der Waals surface area contributed by atoms with Gasteiger partial charge < -0.3 is 15.0 Å². The molecule has 0 aliphatic carbocycles. The van der Waals surface area contributed by atoms with Crippen molar-refractivity contribution in [1.82, 2.24) is 9.88 Å². The maximum absolute atomic E-state index is 12.3. The number of aliphatic carboxylic acids is 1. The third kappa shape index (κ3) is 7.57. The van der Waals surface area contributed by atoms with Crippen molar-refractivity contribution in [3.63, 3.8) is 0 Å². The van der Waals surface area contributed by atoms with E-state index in [1.807, 2.05) is 54.9 Å². The quantitative estimate of drug-likeness (QED) is 0.255. The normalized spacial score (nSPS) is 14.5. The summed E-state index contributed by atoms with van der Waals surface area (Å²) in [5.41, 5.74) is 5.17. The van der Waals surface area contributed by atoms with Gasteiger partial charge in [-0.15, -0.1) is 12.1 Å². The molecule has 4 aromatic rings. The molecule has 1 fully saturated rings. The van der Waals surface area contributed by atoms with Gasteiger partial charge in [-0.2, -0.15) is 18.2 Å². The van der Waals surface area contributed by atoms with Crippen molar-refractivity contribution < 1.29 is 44.3 Å². The van der Waals surface area contributed by atoms with E-state index in [9.17, 15) is 4.79 Å². The predicted octanol–water partition coefficient (Wildman–Crippen LogP) is 2.93. The fourth-order valence-corrected chi connectivity index (χ4v) is 4.15. The number of amides is 1. The van der Waals surface area contributed by atoms with Gasteiger partial charge in [0, 0.05) is 25.0 Å². The third-order valence-corrected chi connectivity index (χ3v) is 5.80. The first-order chi connectivity index (χ1) is 17.0. The van der Waals surface area contributed by atoms with Crippen LogP contribution in [0.1, 0.15) is 12.5 Å². The molecule has 2 heterocycles. The topological polar surface area (TPSA) is 83.7 Å². The standard InChI is InChI=1S/C26H18N3OS.C2H4O2.Na/c30-25-24(31-26(28-25)27-22-6-2-1-3-7-22)18-19-8-10-20(11-9-19)21-12-14-23(15-13-21)29-16-4-5-17-29;1-2(3)4;/h2-18H,(H,27,28,30);1H3,(H,3,4);/q-1;;+1/b24-18+;;. The minimum atomic E-state index is -0.833. The van der Waals surface area contributed by atoms with E-state index in [0.717, 1.165) is 35.0 Å². The Kier molecular flexibility index (Phi) is 9.90. The molecule has 0 unspecified atom stereocenters. The van der Waals surface area contributed by atoms with Crippen LogP contribution in [-0.2, 0) is 9.59 Å². The van der Waals surface area contributed by atoms with Crippen molar-refractivity contribution in [2.24, 2.45) is 4.99 Å². The molecule has 36 heavy (non-hydrogen) atoms. The Morgan fingerprint density at radius 2 is 1.53 bits per heavy atom. The summed E-state index contributed by atoms with van der Waals surface area (Å²) in [6, 6.07) is 30.9. The number of carboxylic acids is 1. The summed E-state index contributed by atoms with van der Waals surface area (Å²) < 4.78 is 2.08. The molecular weight excluding hydrogens is 481 g/mol. The maximum atomic E-state index is 12.3. The minimum Gasteiger partial charge on any atom is -0.481 e. The number of benzene rings is 3. The molecular formula is C28H22N3NaO3S. The molecule has 0 atom stereocenters. The molecule has 0 radical (unpaired) electrons. The van der Waals surface area contributed by atoms with E-state index in [-0.39, 0.29) is 35.5 Å². The summed E-state index contributed by atoms with van der Waals surface area (Å²) in [6.45, 7) is 1.08. The van der Waals surface area contributed by atoms with E-state index >= 15 is 0 Å². The average molecular weight is 504 g/mol. The number of thioether (sulfide) groups is 1. The Bertz CT molecular complexity index is 1360. The van der Waals surface area contributed by atoms with Crippen molar-refractivity contribution in [1.29, 1.82) is 0 Å². The molecule has 0 bridgehead atoms. The van der Waals surface area contributed by atoms with Crippen LogP contribution in [0.25, 0.3) is 22.9 Å². The van der Waals surface area contributed by atoms with Gasteiger partial charge in [0.2, 0.25) is 0 Å². The Balaban J connectivity index is 0.000000674. The number of rotatable bonds is 4. The molecule has 1 aromatic heterocycles. The molecule has 8 heteroatoms. The van der Waals surface area contributed by atoms with Crippen LogP contribution in [0.15, 0.2) is 107 Å². The first-order valence-corrected chi connectivity index (χ1v) is 11.6. The van der Waals surface area contributed by atoms with Gasteiger partial charge in [-0.25, -0.2) is 0 Å². The van der Waals surface area contributed by atoms with Crippen LogP contribution in [0.3, 0.4) is 0 Å². The fourth-order valence-electron chi connectivity index (χ4n) is 3.31. The van der Waals surface area contributed by atoms with E-state index in [1.165, 1.54) is 11.8 Å². The molecule has 3 aromatic carbocycles. The Morgan fingerprint density at radius 3 is 2.11 bits per heavy atom. The second-order valence-electron chi connectivity index (χ2n) is 7.52. The molecule has 0 spiro atoms. The number of nitrogens with one attached hydrogen (secondary N) is 1. The summed E-state index contributed by atoms with van der Waals surface area (Å²) in [5, 5.41) is 10.8. The number of hydrogen-bond acceptors (Lipinski definition) is 4. The van der Waals surface area contributed by atoms with Crippen molar-refractivity contribution >= 4 is 40.6 Å². The number of carbonyl (C=O) groups excluding carboxylic acids is 1. The molecule has 1 aliphatic rings. The molecule has 0 saturated carbocycles. The van der Waals surface area contributed by atoms with Gasteiger partial charge in [0.15, 0.2) is 5.17 Å². The fraction of sp³-hybridized carbons (Fsp3) is 0.0357. The van der Waals surface area contributed by atoms with Gasteiger partial charge in [-0.1, -0.05) is 36.4 Å². The predicted molar refractivity (Wildman–Crippen MR) is 141 cm³/mol. The minimum absolute atomic E-state index is 0. The van der Waals surface area contributed by atoms with Crippen LogP contribution in [0, 0.1) is 6.07 Å². The summed E-state index contributed by atoms with van der Waals surface area (Å²) in [5.74, 6) is -0.962. The number of hydrogen-bond donors (Lipinski definition) is 2. The number of amidine groups is 1. The molecule has 174 valence electrons. The van der Waals surface area contributed by atoms with Crippen molar-refractivity contribution in [2.45, 2.75) is 6.92 Å². The molecule has 6 nitrogen and oxygen atoms in total. The zero-order valence-corrected chi connectivity index (χ0v) is 22.7. The summed E-state index contributed by atoms with van der Waals surface area (Å²) >= 11 is 1.35. The van der Waals surface area contributed by atoms with E-state index in [2.05, 4.69) is 57.3 Å². The van der Waals surface area contributed by atoms with Gasteiger partial charge in [0.05, 0.1) is 4.91 Å². The molecule has 1 aliphatic heterocycles. The monoisotopic (exact) mass is 503 g/mol. The first-order valence-electron chi connectivity index (χ1n) is 10.8. The number of aliphatic imine (C=N–C) groups is 1. The number of carboxylic acid groups (broad SMARTS) is 1. The van der Waals surface area contributed by atoms with E-state index < -0.39 is 5.97 Å². The van der Waals surface area contributed by atoms with Gasteiger partial charge >= 0.3 is 29.6 Å². The second-order valence-corrected chi connectivity index (χ2v) is 8.55. The zero-order valence-electron chi connectivity index (χ0n) is 19.9. The van der Waals surface area contributed by atoms with Gasteiger partial charge in [-0.3, -0.25) is 14.6 Å². The van der Waals surface area contributed by atoms with Crippen LogP contribution in [0.5, 0.6) is 0 Å². The smallest absolute Gasteiger partial charge is 0.481 e. The van der Waals surface area contributed by atoms with Crippen molar-refractivity contribution in [3.05, 3.63) is 114 Å². The Morgan fingerprint density at radius 1 is 0.972 bits per heavy atom. The average Bonchev–Trinajstić information content (AvgIpc) is 3.50. The third-order valence-electron chi connectivity index (χ3n) is 4.89. The number of aromatic nitrogens is 1. The maximum Gasteiger partial charge on any atom is 1.00 e. The van der Waals surface area contributed by atoms with Crippen LogP contribution >= 0.6 is 11.8 Å². The number of nitrogens with zero attached hydrogens (tertiary/aromatic N) is 2. The van der Waals surface area contributed by atoms with Gasteiger partial charge in [0.25, 0.3) is 11.9 Å². The van der Waals surface area contributed by atoms with Gasteiger partial charge in [0.1, 0.15) is 0 Å². The largest absolute Gasteiger partial charge is 1.00 e. The van der Waals surface area contributed by atoms with Gasteiger partial charge in [-0.05, 0) is 64.5 Å². The van der Waals surface area contributed by atoms with Crippen LogP contribution in [-0.4, -0.2) is 26.7 Å².